The summed E-state index contributed by atoms with van der Waals surface area (Å²) in [6.45, 7) is 6.79. The first-order valence-corrected chi connectivity index (χ1v) is 13.0. The van der Waals surface area contributed by atoms with Crippen molar-refractivity contribution in [1.82, 2.24) is 15.0 Å². The van der Waals surface area contributed by atoms with E-state index in [2.05, 4.69) is 15.5 Å². The van der Waals surface area contributed by atoms with E-state index in [-0.39, 0.29) is 36.9 Å². The normalized spacial score (nSPS) is 15.4. The summed E-state index contributed by atoms with van der Waals surface area (Å²) in [4.78, 5) is 18.3. The lowest BCUT2D eigenvalue weighted by Gasteiger charge is -2.33. The summed E-state index contributed by atoms with van der Waals surface area (Å²) in [5, 5.41) is 15.9. The molecule has 1 aliphatic rings. The predicted octanol–water partition coefficient (Wildman–Crippen LogP) is 2.46. The number of hydrogen-bond donors (Lipinski definition) is 2. The van der Waals surface area contributed by atoms with Gasteiger partial charge in [0.25, 0.3) is 5.89 Å². The van der Waals surface area contributed by atoms with Gasteiger partial charge in [0.2, 0.25) is 5.82 Å². The van der Waals surface area contributed by atoms with E-state index in [1.54, 1.807) is 17.0 Å². The topological polar surface area (TPSA) is 144 Å². The first kappa shape index (κ1) is 25.9. The summed E-state index contributed by atoms with van der Waals surface area (Å²) in [6, 6.07) is 4.67. The van der Waals surface area contributed by atoms with Crippen LogP contribution in [0.25, 0.3) is 11.4 Å². The Morgan fingerprint density at radius 2 is 2.00 bits per heavy atom. The molecule has 11 nitrogen and oxygen atoms in total. The maximum Gasteiger partial charge on any atom is 0.410 e. The molecular weight excluding hydrogens is 464 g/mol. The number of carbonyl (C=O) groups excluding carboxylic acids is 1. The van der Waals surface area contributed by atoms with Crippen LogP contribution in [0.3, 0.4) is 0 Å². The van der Waals surface area contributed by atoms with Gasteiger partial charge in [-0.15, -0.1) is 0 Å². The highest BCUT2D eigenvalue weighted by atomic mass is 32.2. The summed E-state index contributed by atoms with van der Waals surface area (Å²) >= 11 is 0. The molecule has 1 aromatic carbocycles. The smallest absolute Gasteiger partial charge is 0.410 e. The Morgan fingerprint density at radius 3 is 2.62 bits per heavy atom. The average molecular weight is 497 g/mol. The van der Waals surface area contributed by atoms with Crippen molar-refractivity contribution < 1.29 is 32.3 Å². The van der Waals surface area contributed by atoms with Gasteiger partial charge in [0, 0.05) is 31.5 Å². The molecule has 0 aliphatic carbocycles. The first-order valence-electron chi connectivity index (χ1n) is 11.1. The Labute approximate surface area is 199 Å². The Hall–Kier alpha value is -2.70. The Kier molecular flexibility index (Phi) is 8.16. The lowest BCUT2D eigenvalue weighted by Crippen LogP contribution is -2.43. The third-order valence-corrected chi connectivity index (χ3v) is 6.22. The largest absolute Gasteiger partial charge is 0.444 e. The summed E-state index contributed by atoms with van der Waals surface area (Å²) < 4.78 is 40.6. The molecule has 2 aromatic rings. The number of ether oxygens (including phenoxy) is 2. The van der Waals surface area contributed by atoms with Crippen molar-refractivity contribution in [3.05, 3.63) is 24.1 Å². The molecule has 0 saturated carbocycles. The van der Waals surface area contributed by atoms with Gasteiger partial charge in [-0.1, -0.05) is 5.16 Å². The van der Waals surface area contributed by atoms with E-state index >= 15 is 0 Å². The van der Waals surface area contributed by atoms with Gasteiger partial charge < -0.3 is 29.3 Å². The van der Waals surface area contributed by atoms with Gasteiger partial charge >= 0.3 is 6.09 Å². The van der Waals surface area contributed by atoms with Gasteiger partial charge in [-0.3, -0.25) is 0 Å². The summed E-state index contributed by atoms with van der Waals surface area (Å²) in [6.07, 6.45) is 2.10. The number of aromatic nitrogens is 2. The molecule has 188 valence electrons. The van der Waals surface area contributed by atoms with Crippen molar-refractivity contribution in [2.75, 3.05) is 37.8 Å². The molecular formula is C22H32N4O7S. The van der Waals surface area contributed by atoms with Gasteiger partial charge in [-0.25, -0.2) is 13.2 Å². The van der Waals surface area contributed by atoms with Crippen molar-refractivity contribution in [3.63, 3.8) is 0 Å². The Balaban J connectivity index is 1.58. The lowest BCUT2D eigenvalue weighted by atomic mass is 10.1. The number of likely N-dealkylation sites (tertiary alicyclic amines) is 1. The minimum atomic E-state index is -3.46. The van der Waals surface area contributed by atoms with Gasteiger partial charge in [-0.05, 0) is 51.8 Å². The highest BCUT2D eigenvalue weighted by Crippen LogP contribution is 2.27. The average Bonchev–Trinajstić information content (AvgIpc) is 3.23. The van der Waals surface area contributed by atoms with E-state index in [1.165, 1.54) is 6.07 Å². The van der Waals surface area contributed by atoms with Crippen LogP contribution in [0.15, 0.2) is 27.6 Å². The zero-order chi connectivity index (χ0) is 24.9. The quantitative estimate of drug-likeness (QED) is 0.559. The number of nitrogens with one attached hydrogen (secondary N) is 1. The molecule has 2 heterocycles. The molecule has 0 unspecified atom stereocenters. The van der Waals surface area contributed by atoms with E-state index in [4.69, 9.17) is 19.1 Å². The minimum Gasteiger partial charge on any atom is -0.444 e. The third kappa shape index (κ3) is 7.15. The van der Waals surface area contributed by atoms with Crippen LogP contribution in [0.4, 0.5) is 10.5 Å². The zero-order valence-corrected chi connectivity index (χ0v) is 20.7. The SMILES string of the molecule is CC(C)(C)OC(=O)N1CCC(OCc2nc(-c3ccc(S(C)(=O)=O)c(NCCO)c3)no2)CC1. The monoisotopic (exact) mass is 496 g/mol. The molecule has 3 rings (SSSR count). The molecule has 12 heteroatoms. The maximum atomic E-state index is 12.2. The minimum absolute atomic E-state index is 0.0441. The molecule has 0 spiro atoms. The molecule has 0 radical (unpaired) electrons. The Morgan fingerprint density at radius 1 is 1.29 bits per heavy atom. The highest BCUT2D eigenvalue weighted by Gasteiger charge is 2.27. The van der Waals surface area contributed by atoms with Gasteiger partial charge in [0.1, 0.15) is 12.2 Å². The fourth-order valence-corrected chi connectivity index (χ4v) is 4.32. The van der Waals surface area contributed by atoms with Crippen molar-refractivity contribution >= 4 is 21.6 Å². The molecule has 1 aromatic heterocycles. The molecule has 1 aliphatic heterocycles. The molecule has 1 fully saturated rings. The van der Waals surface area contributed by atoms with Gasteiger partial charge in [0.05, 0.1) is 23.3 Å². The number of aliphatic hydroxyl groups excluding tert-OH is 1. The van der Waals surface area contributed by atoms with E-state index < -0.39 is 15.4 Å². The van der Waals surface area contributed by atoms with Crippen molar-refractivity contribution in [1.29, 1.82) is 0 Å². The van der Waals surface area contributed by atoms with Crippen LogP contribution < -0.4 is 5.32 Å². The number of carbonyl (C=O) groups is 1. The third-order valence-electron chi connectivity index (χ3n) is 5.07. The second-order valence-electron chi connectivity index (χ2n) is 9.12. The van der Waals surface area contributed by atoms with Crippen LogP contribution in [-0.2, 0) is 25.9 Å². The Bertz CT molecular complexity index is 1090. The van der Waals surface area contributed by atoms with E-state index in [0.29, 0.717) is 48.9 Å². The fraction of sp³-hybridized carbons (Fsp3) is 0.591. The number of amides is 1. The molecule has 0 bridgehead atoms. The van der Waals surface area contributed by atoms with E-state index in [9.17, 15) is 13.2 Å². The lowest BCUT2D eigenvalue weighted by molar-refractivity contribution is -0.0231. The van der Waals surface area contributed by atoms with Gasteiger partial charge in [-0.2, -0.15) is 4.98 Å². The van der Waals surface area contributed by atoms with Crippen molar-refractivity contribution in [2.45, 2.75) is 56.8 Å². The van der Waals surface area contributed by atoms with Gasteiger partial charge in [0.15, 0.2) is 9.84 Å². The van der Waals surface area contributed by atoms with E-state index in [1.807, 2.05) is 20.8 Å². The van der Waals surface area contributed by atoms with Crippen LogP contribution in [0.2, 0.25) is 0 Å². The fourth-order valence-electron chi connectivity index (χ4n) is 3.47. The molecule has 2 N–H and O–H groups in total. The van der Waals surface area contributed by atoms with Crippen molar-refractivity contribution in [3.8, 4) is 11.4 Å². The van der Waals surface area contributed by atoms with E-state index in [0.717, 1.165) is 6.26 Å². The summed E-state index contributed by atoms with van der Waals surface area (Å²) in [7, 11) is -3.46. The highest BCUT2D eigenvalue weighted by molar-refractivity contribution is 7.90. The summed E-state index contributed by atoms with van der Waals surface area (Å²) in [5.74, 6) is 0.590. The second-order valence-corrected chi connectivity index (χ2v) is 11.1. The predicted molar refractivity (Wildman–Crippen MR) is 124 cm³/mol. The number of nitrogens with zero attached hydrogens (tertiary/aromatic N) is 3. The molecule has 1 saturated heterocycles. The number of rotatable bonds is 8. The molecule has 34 heavy (non-hydrogen) atoms. The molecule has 0 atom stereocenters. The number of aliphatic hydroxyl groups is 1. The standard InChI is InChI=1S/C22H32N4O7S/c1-22(2,3)32-21(28)26-10-7-16(8-11-26)31-14-19-24-20(25-33-19)15-5-6-18(34(4,29)30)17(13-15)23-9-12-27/h5-6,13,16,23,27H,7-12,14H2,1-4H3. The molecule has 1 amide bonds. The van der Waals surface area contributed by atoms with Crippen molar-refractivity contribution in [2.24, 2.45) is 0 Å². The summed E-state index contributed by atoms with van der Waals surface area (Å²) in [5.41, 5.74) is 0.392. The van der Waals surface area contributed by atoms with Crippen LogP contribution in [0.5, 0.6) is 0 Å². The number of anilines is 1. The second kappa shape index (κ2) is 10.7. The number of benzene rings is 1. The first-order chi connectivity index (χ1) is 16.0. The maximum absolute atomic E-state index is 12.2. The number of sulfone groups is 1. The van der Waals surface area contributed by atoms with Crippen LogP contribution in [0, 0.1) is 0 Å². The van der Waals surface area contributed by atoms with Crippen LogP contribution >= 0.6 is 0 Å². The van der Waals surface area contributed by atoms with Crippen LogP contribution in [0.1, 0.15) is 39.5 Å². The number of hydrogen-bond acceptors (Lipinski definition) is 10. The zero-order valence-electron chi connectivity index (χ0n) is 19.9. The van der Waals surface area contributed by atoms with Crippen LogP contribution in [-0.4, -0.2) is 78.9 Å². The number of piperidine rings is 1.